The molecule has 3 aliphatic rings. The first-order valence-electron chi connectivity index (χ1n) is 5.80. The second-order valence-electron chi connectivity index (χ2n) is 4.85. The lowest BCUT2D eigenvalue weighted by atomic mass is 9.71. The maximum absolute atomic E-state index is 11.3. The number of ether oxygens (including phenoxy) is 1. The van der Waals surface area contributed by atoms with Crippen molar-refractivity contribution in [3.05, 3.63) is 24.3 Å². The number of fused-ring (bicyclic) bond motifs is 3. The van der Waals surface area contributed by atoms with Crippen LogP contribution in [0, 0.1) is 11.8 Å². The Morgan fingerprint density at radius 2 is 1.93 bits per heavy atom. The third kappa shape index (κ3) is 1.24. The van der Waals surface area contributed by atoms with Gasteiger partial charge in [0, 0.05) is 12.3 Å². The van der Waals surface area contributed by atoms with Crippen LogP contribution in [0.15, 0.2) is 24.3 Å². The number of hydrogen-bond acceptors (Lipinski definition) is 2. The minimum absolute atomic E-state index is 0.282. The van der Waals surface area contributed by atoms with Crippen LogP contribution in [0.3, 0.4) is 0 Å². The first-order chi connectivity index (χ1) is 7.36. The summed E-state index contributed by atoms with van der Waals surface area (Å²) in [5.41, 5.74) is -0.490. The zero-order valence-corrected chi connectivity index (χ0v) is 8.76. The summed E-state index contributed by atoms with van der Waals surface area (Å²) in [5.74, 6) is 0.972. The average Bonchev–Trinajstić information content (AvgIpc) is 2.64. The highest BCUT2D eigenvalue weighted by molar-refractivity contribution is 5.65. The first kappa shape index (κ1) is 9.34. The predicted octanol–water partition coefficient (Wildman–Crippen LogP) is 2.26. The molecule has 1 saturated heterocycles. The van der Waals surface area contributed by atoms with E-state index in [-0.39, 0.29) is 6.10 Å². The van der Waals surface area contributed by atoms with Crippen LogP contribution < -0.4 is 0 Å². The van der Waals surface area contributed by atoms with E-state index in [1.807, 2.05) is 0 Å². The Labute approximate surface area is 90.0 Å². The molecule has 1 aliphatic heterocycles. The zero-order chi connectivity index (χ0) is 10.3. The van der Waals surface area contributed by atoms with Crippen molar-refractivity contribution in [3.63, 3.8) is 0 Å². The molecule has 0 aromatic heterocycles. The second kappa shape index (κ2) is 3.31. The molecule has 0 aromatic rings. The number of allylic oxidation sites excluding steroid dienone is 2. The molecule has 2 aliphatic carbocycles. The van der Waals surface area contributed by atoms with Gasteiger partial charge < -0.3 is 9.53 Å². The van der Waals surface area contributed by atoms with Crippen molar-refractivity contribution >= 4 is 6.29 Å². The van der Waals surface area contributed by atoms with E-state index in [1.165, 1.54) is 0 Å². The zero-order valence-electron chi connectivity index (χ0n) is 8.76. The molecular formula is C13H16O2. The summed E-state index contributed by atoms with van der Waals surface area (Å²) in [4.78, 5) is 11.3. The van der Waals surface area contributed by atoms with Crippen molar-refractivity contribution in [1.29, 1.82) is 0 Å². The van der Waals surface area contributed by atoms with Gasteiger partial charge in [-0.1, -0.05) is 24.3 Å². The molecule has 2 nitrogen and oxygen atoms in total. The van der Waals surface area contributed by atoms with Gasteiger partial charge in [-0.2, -0.15) is 0 Å². The number of carbonyl (C=O) groups is 1. The van der Waals surface area contributed by atoms with Crippen molar-refractivity contribution in [3.8, 4) is 0 Å². The normalized spacial score (nSPS) is 47.3. The molecule has 2 heteroatoms. The van der Waals surface area contributed by atoms with Gasteiger partial charge in [0.25, 0.3) is 0 Å². The van der Waals surface area contributed by atoms with Crippen LogP contribution in [-0.2, 0) is 9.53 Å². The maximum Gasteiger partial charge on any atom is 0.152 e. The molecular weight excluding hydrogens is 188 g/mol. The molecule has 80 valence electrons. The van der Waals surface area contributed by atoms with Gasteiger partial charge in [-0.05, 0) is 25.2 Å². The van der Waals surface area contributed by atoms with E-state index in [9.17, 15) is 4.79 Å². The number of rotatable bonds is 1. The molecule has 0 unspecified atom stereocenters. The standard InChI is InChI=1S/C13H16O2/c14-9-13-8-4-3-6-11(13)10-5-1-2-7-12(10)15-13/h1-4,9-12H,5-8H2/t10-,11+,12+,13+/m0/s1. The Balaban J connectivity index is 1.95. The fourth-order valence-corrected chi connectivity index (χ4v) is 3.35. The highest BCUT2D eigenvalue weighted by Crippen LogP contribution is 2.49. The quantitative estimate of drug-likeness (QED) is 0.483. The van der Waals surface area contributed by atoms with E-state index in [0.717, 1.165) is 32.0 Å². The Morgan fingerprint density at radius 3 is 2.80 bits per heavy atom. The highest BCUT2D eigenvalue weighted by atomic mass is 16.5. The molecule has 0 N–H and O–H groups in total. The predicted molar refractivity (Wildman–Crippen MR) is 57.4 cm³/mol. The van der Waals surface area contributed by atoms with E-state index in [2.05, 4.69) is 24.3 Å². The van der Waals surface area contributed by atoms with Crippen molar-refractivity contribution in [2.24, 2.45) is 11.8 Å². The van der Waals surface area contributed by atoms with Gasteiger partial charge in [-0.25, -0.2) is 0 Å². The SMILES string of the molecule is O=C[C@]12CC=CC[C@@H]1[C@@H]1CC=CC[C@H]1O2. The third-order valence-electron chi connectivity index (χ3n) is 4.13. The molecule has 0 saturated carbocycles. The van der Waals surface area contributed by atoms with Crippen molar-refractivity contribution < 1.29 is 9.53 Å². The van der Waals surface area contributed by atoms with Gasteiger partial charge in [-0.3, -0.25) is 0 Å². The van der Waals surface area contributed by atoms with Gasteiger partial charge in [0.15, 0.2) is 6.29 Å². The summed E-state index contributed by atoms with van der Waals surface area (Å²) in [5, 5.41) is 0. The number of carbonyl (C=O) groups excluding carboxylic acids is 1. The molecule has 0 aromatic carbocycles. The van der Waals surface area contributed by atoms with Gasteiger partial charge >= 0.3 is 0 Å². The minimum Gasteiger partial charge on any atom is -0.363 e. The molecule has 3 rings (SSSR count). The lowest BCUT2D eigenvalue weighted by molar-refractivity contribution is -0.133. The Hall–Kier alpha value is -0.890. The first-order valence-corrected chi connectivity index (χ1v) is 5.80. The van der Waals surface area contributed by atoms with Crippen LogP contribution in [0.2, 0.25) is 0 Å². The van der Waals surface area contributed by atoms with E-state index in [4.69, 9.17) is 4.74 Å². The Kier molecular flexibility index (Phi) is 2.06. The maximum atomic E-state index is 11.3. The fraction of sp³-hybridized carbons (Fsp3) is 0.615. The van der Waals surface area contributed by atoms with Crippen molar-refractivity contribution in [2.45, 2.75) is 37.4 Å². The summed E-state index contributed by atoms with van der Waals surface area (Å²) >= 11 is 0. The summed E-state index contributed by atoms with van der Waals surface area (Å²) in [6, 6.07) is 0. The lowest BCUT2D eigenvalue weighted by Crippen LogP contribution is -2.39. The van der Waals surface area contributed by atoms with Crippen molar-refractivity contribution in [1.82, 2.24) is 0 Å². The molecule has 0 spiro atoms. The van der Waals surface area contributed by atoms with Gasteiger partial charge in [0.2, 0.25) is 0 Å². The number of aldehydes is 1. The van der Waals surface area contributed by atoms with Gasteiger partial charge in [0.05, 0.1) is 6.10 Å². The van der Waals surface area contributed by atoms with E-state index >= 15 is 0 Å². The Bertz CT molecular complexity index is 331. The van der Waals surface area contributed by atoms with Crippen LogP contribution in [0.25, 0.3) is 0 Å². The van der Waals surface area contributed by atoms with E-state index in [0.29, 0.717) is 11.8 Å². The van der Waals surface area contributed by atoms with Gasteiger partial charge in [-0.15, -0.1) is 0 Å². The topological polar surface area (TPSA) is 26.3 Å². The van der Waals surface area contributed by atoms with Crippen molar-refractivity contribution in [2.75, 3.05) is 0 Å². The highest BCUT2D eigenvalue weighted by Gasteiger charge is 2.54. The summed E-state index contributed by atoms with van der Waals surface area (Å²) in [7, 11) is 0. The molecule has 1 heterocycles. The molecule has 0 radical (unpaired) electrons. The molecule has 0 amide bonds. The van der Waals surface area contributed by atoms with E-state index < -0.39 is 5.60 Å². The smallest absolute Gasteiger partial charge is 0.152 e. The lowest BCUT2D eigenvalue weighted by Gasteiger charge is -2.31. The van der Waals surface area contributed by atoms with Crippen LogP contribution in [0.1, 0.15) is 25.7 Å². The largest absolute Gasteiger partial charge is 0.363 e. The summed E-state index contributed by atoms with van der Waals surface area (Å²) in [6.07, 6.45) is 13.9. The molecule has 0 bridgehead atoms. The monoisotopic (exact) mass is 204 g/mol. The summed E-state index contributed by atoms with van der Waals surface area (Å²) in [6.45, 7) is 0. The summed E-state index contributed by atoms with van der Waals surface area (Å²) < 4.78 is 6.04. The molecule has 1 fully saturated rings. The van der Waals surface area contributed by atoms with Crippen LogP contribution in [0.5, 0.6) is 0 Å². The van der Waals surface area contributed by atoms with Crippen LogP contribution >= 0.6 is 0 Å². The average molecular weight is 204 g/mol. The van der Waals surface area contributed by atoms with Crippen LogP contribution in [-0.4, -0.2) is 18.0 Å². The van der Waals surface area contributed by atoms with Crippen LogP contribution in [0.4, 0.5) is 0 Å². The second-order valence-corrected chi connectivity index (χ2v) is 4.85. The molecule has 4 atom stereocenters. The fourth-order valence-electron chi connectivity index (χ4n) is 3.35. The van der Waals surface area contributed by atoms with Gasteiger partial charge in [0.1, 0.15) is 5.60 Å². The number of hydrogen-bond donors (Lipinski definition) is 0. The Morgan fingerprint density at radius 1 is 1.13 bits per heavy atom. The minimum atomic E-state index is -0.490. The van der Waals surface area contributed by atoms with E-state index in [1.54, 1.807) is 0 Å². The third-order valence-corrected chi connectivity index (χ3v) is 4.13. The molecule has 15 heavy (non-hydrogen) atoms.